The molecule has 0 atom stereocenters. The van der Waals surface area contributed by atoms with Crippen LogP contribution in [0.2, 0.25) is 0 Å². The molecule has 0 bridgehead atoms. The Hall–Kier alpha value is -1.55. The zero-order chi connectivity index (χ0) is 10.8. The molecule has 0 unspecified atom stereocenters. The number of aryl methyl sites for hydroxylation is 1. The van der Waals surface area contributed by atoms with Crippen LogP contribution in [0.25, 0.3) is 10.9 Å². The second-order valence-electron chi connectivity index (χ2n) is 3.20. The lowest BCUT2D eigenvalue weighted by atomic mass is 10.1. The van der Waals surface area contributed by atoms with Crippen molar-refractivity contribution in [3.63, 3.8) is 0 Å². The van der Waals surface area contributed by atoms with E-state index >= 15 is 0 Å². The summed E-state index contributed by atoms with van der Waals surface area (Å²) in [7, 11) is 0. The van der Waals surface area contributed by atoms with Gasteiger partial charge in [0.1, 0.15) is 0 Å². The number of aromatic carboxylic acids is 1. The molecule has 0 amide bonds. The average Bonchev–Trinajstić information content (AvgIpc) is 2.61. The molecule has 0 saturated heterocycles. The highest BCUT2D eigenvalue weighted by atomic mass is 35.5. The van der Waals surface area contributed by atoms with Gasteiger partial charge in [0.15, 0.2) is 5.69 Å². The summed E-state index contributed by atoms with van der Waals surface area (Å²) in [6.07, 6.45) is 0.763. The second-order valence-corrected chi connectivity index (χ2v) is 3.57. The standard InChI is InChI=1S/C10H9ClN2O2/c11-4-3-6-1-2-7-8(5-6)12-13-9(7)10(14)15/h1-2,5H,3-4H2,(H,12,13)(H,14,15). The summed E-state index contributed by atoms with van der Waals surface area (Å²) in [5.74, 6) is -0.475. The molecule has 0 saturated carbocycles. The van der Waals surface area contributed by atoms with Crippen molar-refractivity contribution >= 4 is 28.5 Å². The highest BCUT2D eigenvalue weighted by Gasteiger charge is 2.12. The van der Waals surface area contributed by atoms with Gasteiger partial charge in [-0.3, -0.25) is 5.10 Å². The summed E-state index contributed by atoms with van der Waals surface area (Å²) in [6, 6.07) is 5.49. The van der Waals surface area contributed by atoms with E-state index in [1.54, 1.807) is 6.07 Å². The molecular formula is C10H9ClN2O2. The fourth-order valence-electron chi connectivity index (χ4n) is 1.49. The maximum Gasteiger partial charge on any atom is 0.357 e. The molecule has 2 rings (SSSR count). The summed E-state index contributed by atoms with van der Waals surface area (Å²) in [5.41, 5.74) is 1.86. The molecule has 5 heteroatoms. The fourth-order valence-corrected chi connectivity index (χ4v) is 1.71. The van der Waals surface area contributed by atoms with Crippen LogP contribution in [0.5, 0.6) is 0 Å². The van der Waals surface area contributed by atoms with Crippen LogP contribution in [0.15, 0.2) is 18.2 Å². The zero-order valence-corrected chi connectivity index (χ0v) is 8.58. The number of hydrogen-bond donors (Lipinski definition) is 2. The first-order valence-corrected chi connectivity index (χ1v) is 5.02. The molecule has 0 fully saturated rings. The number of aromatic nitrogens is 2. The van der Waals surface area contributed by atoms with Gasteiger partial charge in [-0.25, -0.2) is 4.79 Å². The van der Waals surface area contributed by atoms with Gasteiger partial charge in [0.2, 0.25) is 0 Å². The highest BCUT2D eigenvalue weighted by Crippen LogP contribution is 2.17. The third kappa shape index (κ3) is 1.80. The molecule has 78 valence electrons. The SMILES string of the molecule is O=C(O)c1n[nH]c2cc(CCCl)ccc12. The number of H-pyrrole nitrogens is 1. The van der Waals surface area contributed by atoms with Crippen molar-refractivity contribution < 1.29 is 9.90 Å². The lowest BCUT2D eigenvalue weighted by molar-refractivity contribution is 0.0692. The molecule has 15 heavy (non-hydrogen) atoms. The number of hydrogen-bond acceptors (Lipinski definition) is 2. The Morgan fingerprint density at radius 3 is 3.00 bits per heavy atom. The second kappa shape index (κ2) is 3.90. The van der Waals surface area contributed by atoms with E-state index < -0.39 is 5.97 Å². The third-order valence-corrected chi connectivity index (χ3v) is 2.40. The van der Waals surface area contributed by atoms with E-state index in [1.165, 1.54) is 0 Å². The number of nitrogens with zero attached hydrogens (tertiary/aromatic N) is 1. The Bertz CT molecular complexity index is 507. The molecule has 0 aliphatic heterocycles. The van der Waals surface area contributed by atoms with Gasteiger partial charge in [0.25, 0.3) is 0 Å². The van der Waals surface area contributed by atoms with E-state index in [0.29, 0.717) is 11.3 Å². The van der Waals surface area contributed by atoms with Gasteiger partial charge in [-0.1, -0.05) is 12.1 Å². The minimum absolute atomic E-state index is 0.0578. The van der Waals surface area contributed by atoms with E-state index in [2.05, 4.69) is 10.2 Å². The topological polar surface area (TPSA) is 66.0 Å². The summed E-state index contributed by atoms with van der Waals surface area (Å²) >= 11 is 5.62. The molecule has 4 nitrogen and oxygen atoms in total. The molecule has 2 aromatic rings. The van der Waals surface area contributed by atoms with Gasteiger partial charge in [0.05, 0.1) is 5.52 Å². The molecular weight excluding hydrogens is 216 g/mol. The van der Waals surface area contributed by atoms with E-state index in [-0.39, 0.29) is 5.69 Å². The Balaban J connectivity index is 2.51. The number of fused-ring (bicyclic) bond motifs is 1. The molecule has 0 spiro atoms. The molecule has 0 aliphatic rings. The predicted octanol–water partition coefficient (Wildman–Crippen LogP) is 2.04. The monoisotopic (exact) mass is 224 g/mol. The average molecular weight is 225 g/mol. The quantitative estimate of drug-likeness (QED) is 0.785. The van der Waals surface area contributed by atoms with Gasteiger partial charge < -0.3 is 5.11 Å². The molecule has 1 aromatic heterocycles. The largest absolute Gasteiger partial charge is 0.476 e. The fraction of sp³-hybridized carbons (Fsp3) is 0.200. The number of carboxylic acids is 1. The number of alkyl halides is 1. The van der Waals surface area contributed by atoms with Crippen molar-refractivity contribution in [1.82, 2.24) is 10.2 Å². The van der Waals surface area contributed by atoms with E-state index in [9.17, 15) is 4.79 Å². The number of halogens is 1. The maximum atomic E-state index is 10.8. The predicted molar refractivity (Wildman–Crippen MR) is 57.5 cm³/mol. The number of carboxylic acid groups (broad SMARTS) is 1. The number of rotatable bonds is 3. The lowest BCUT2D eigenvalue weighted by Crippen LogP contribution is -1.96. The Morgan fingerprint density at radius 1 is 1.53 bits per heavy atom. The molecule has 0 radical (unpaired) electrons. The number of carbonyl (C=O) groups is 1. The van der Waals surface area contributed by atoms with Crippen LogP contribution >= 0.6 is 11.6 Å². The van der Waals surface area contributed by atoms with Crippen molar-refractivity contribution in [3.8, 4) is 0 Å². The lowest BCUT2D eigenvalue weighted by Gasteiger charge is -1.97. The molecule has 1 aromatic carbocycles. The van der Waals surface area contributed by atoms with E-state index in [4.69, 9.17) is 16.7 Å². The van der Waals surface area contributed by atoms with Crippen molar-refractivity contribution in [1.29, 1.82) is 0 Å². The normalized spacial score (nSPS) is 10.7. The van der Waals surface area contributed by atoms with Gasteiger partial charge in [0, 0.05) is 11.3 Å². The summed E-state index contributed by atoms with van der Waals surface area (Å²) < 4.78 is 0. The first-order chi connectivity index (χ1) is 7.22. The van der Waals surface area contributed by atoms with E-state index in [1.807, 2.05) is 12.1 Å². The first-order valence-electron chi connectivity index (χ1n) is 4.48. The minimum atomic E-state index is -1.02. The number of nitrogens with one attached hydrogen (secondary N) is 1. The van der Waals surface area contributed by atoms with Crippen molar-refractivity contribution in [2.24, 2.45) is 0 Å². The van der Waals surface area contributed by atoms with Crippen LogP contribution in [0.3, 0.4) is 0 Å². The Morgan fingerprint density at radius 2 is 2.33 bits per heavy atom. The third-order valence-electron chi connectivity index (χ3n) is 2.21. The van der Waals surface area contributed by atoms with Crippen LogP contribution in [-0.2, 0) is 6.42 Å². The van der Waals surface area contributed by atoms with Gasteiger partial charge in [-0.15, -0.1) is 11.6 Å². The van der Waals surface area contributed by atoms with Crippen LogP contribution in [0, 0.1) is 0 Å². The Kier molecular flexibility index (Phi) is 2.60. The van der Waals surface area contributed by atoms with Crippen LogP contribution < -0.4 is 0 Å². The number of benzene rings is 1. The zero-order valence-electron chi connectivity index (χ0n) is 7.83. The van der Waals surface area contributed by atoms with E-state index in [0.717, 1.165) is 17.5 Å². The molecule has 1 heterocycles. The van der Waals surface area contributed by atoms with Crippen LogP contribution in [0.1, 0.15) is 16.1 Å². The van der Waals surface area contributed by atoms with Crippen molar-refractivity contribution in [2.75, 3.05) is 5.88 Å². The van der Waals surface area contributed by atoms with Crippen LogP contribution in [0.4, 0.5) is 0 Å². The number of aromatic amines is 1. The minimum Gasteiger partial charge on any atom is -0.476 e. The maximum absolute atomic E-state index is 10.8. The van der Waals surface area contributed by atoms with Gasteiger partial charge in [-0.05, 0) is 18.1 Å². The summed E-state index contributed by atoms with van der Waals surface area (Å²) in [5, 5.41) is 15.9. The molecule has 2 N–H and O–H groups in total. The Labute approximate surface area is 90.9 Å². The van der Waals surface area contributed by atoms with Crippen molar-refractivity contribution in [2.45, 2.75) is 6.42 Å². The molecule has 0 aliphatic carbocycles. The highest BCUT2D eigenvalue weighted by molar-refractivity contribution is 6.18. The van der Waals surface area contributed by atoms with Gasteiger partial charge >= 0.3 is 5.97 Å². The smallest absolute Gasteiger partial charge is 0.357 e. The van der Waals surface area contributed by atoms with Crippen molar-refractivity contribution in [3.05, 3.63) is 29.5 Å². The first kappa shape index (κ1) is 9.98. The summed E-state index contributed by atoms with van der Waals surface area (Å²) in [6.45, 7) is 0. The summed E-state index contributed by atoms with van der Waals surface area (Å²) in [4.78, 5) is 10.8. The van der Waals surface area contributed by atoms with Crippen LogP contribution in [-0.4, -0.2) is 27.2 Å². The van der Waals surface area contributed by atoms with Gasteiger partial charge in [-0.2, -0.15) is 5.10 Å².